The maximum atomic E-state index is 3.50. The minimum atomic E-state index is 0.0847. The number of hydrazine groups is 2. The third kappa shape index (κ3) is 4.01. The molecule has 4 nitrogen and oxygen atoms in total. The van der Waals surface area contributed by atoms with Gasteiger partial charge in [-0.1, -0.05) is 104 Å². The third-order valence-corrected chi connectivity index (χ3v) is 8.07. The topological polar surface area (TPSA) is 14.7 Å². The van der Waals surface area contributed by atoms with Crippen molar-refractivity contribution in [3.05, 3.63) is 120 Å². The summed E-state index contributed by atoms with van der Waals surface area (Å²) >= 11 is 0. The van der Waals surface area contributed by atoms with Gasteiger partial charge in [0.05, 0.1) is 12.1 Å². The molecule has 1 unspecified atom stereocenters. The van der Waals surface area contributed by atoms with Crippen LogP contribution in [-0.4, -0.2) is 25.7 Å². The minimum absolute atomic E-state index is 0.0847. The zero-order valence-corrected chi connectivity index (χ0v) is 21.1. The highest BCUT2D eigenvalue weighted by atomic mass is 16.0. The summed E-state index contributed by atoms with van der Waals surface area (Å²) < 4.78 is 2.51. The van der Waals surface area contributed by atoms with Gasteiger partial charge in [0.1, 0.15) is 5.52 Å². The normalized spacial score (nSPS) is 19.7. The van der Waals surface area contributed by atoms with Crippen molar-refractivity contribution in [2.45, 2.75) is 57.5 Å². The zero-order valence-electron chi connectivity index (χ0n) is 21.1. The molecule has 2 fully saturated rings. The van der Waals surface area contributed by atoms with E-state index >= 15 is 0 Å². The van der Waals surface area contributed by atoms with Crippen molar-refractivity contribution >= 4 is 21.8 Å². The fourth-order valence-electron chi connectivity index (χ4n) is 6.35. The molecule has 1 atom stereocenters. The van der Waals surface area contributed by atoms with Gasteiger partial charge in [0.15, 0.2) is 6.29 Å². The molecule has 4 heteroatoms. The van der Waals surface area contributed by atoms with Crippen LogP contribution in [0.4, 0.5) is 0 Å². The molecule has 1 aliphatic heterocycles. The van der Waals surface area contributed by atoms with Gasteiger partial charge in [-0.25, -0.2) is 0 Å². The van der Waals surface area contributed by atoms with Crippen LogP contribution >= 0.6 is 0 Å². The van der Waals surface area contributed by atoms with Crippen LogP contribution in [0.3, 0.4) is 0 Å². The van der Waals surface area contributed by atoms with Crippen LogP contribution in [0.15, 0.2) is 97.1 Å². The van der Waals surface area contributed by atoms with E-state index < -0.39 is 0 Å². The summed E-state index contributed by atoms with van der Waals surface area (Å²) in [7, 11) is 0. The van der Waals surface area contributed by atoms with Crippen molar-refractivity contribution in [1.82, 2.24) is 19.7 Å². The number of hydrogen-bond donors (Lipinski definition) is 0. The molecule has 1 aliphatic carbocycles. The molecule has 2 aliphatic rings. The molecule has 0 bridgehead atoms. The molecule has 1 saturated carbocycles. The van der Waals surface area contributed by atoms with E-state index in [9.17, 15) is 0 Å². The molecule has 5 aromatic rings. The number of nitrogens with zero attached hydrogens (tertiary/aromatic N) is 4. The molecule has 37 heavy (non-hydrogen) atoms. The Kier molecular flexibility index (Phi) is 5.91. The first-order valence-corrected chi connectivity index (χ1v) is 13.6. The number of benzene rings is 3. The van der Waals surface area contributed by atoms with Crippen LogP contribution in [0, 0.1) is 12.1 Å². The van der Waals surface area contributed by atoms with Crippen LogP contribution in [0.2, 0.25) is 0 Å². The van der Waals surface area contributed by atoms with E-state index in [-0.39, 0.29) is 6.29 Å². The Morgan fingerprint density at radius 3 is 2.11 bits per heavy atom. The van der Waals surface area contributed by atoms with Crippen molar-refractivity contribution in [3.8, 4) is 0 Å². The van der Waals surface area contributed by atoms with Gasteiger partial charge in [-0.3, -0.25) is 0 Å². The Hall–Kier alpha value is -3.62. The Morgan fingerprint density at radius 2 is 1.35 bits per heavy atom. The summed E-state index contributed by atoms with van der Waals surface area (Å²) in [5, 5.41) is 10.3. The van der Waals surface area contributed by atoms with Gasteiger partial charge >= 0.3 is 0 Å². The van der Waals surface area contributed by atoms with E-state index in [2.05, 4.69) is 123 Å². The summed E-state index contributed by atoms with van der Waals surface area (Å²) in [6.07, 6.45) is 6.53. The van der Waals surface area contributed by atoms with Crippen LogP contribution in [-0.2, 0) is 13.1 Å². The van der Waals surface area contributed by atoms with E-state index in [0.717, 1.165) is 18.6 Å². The second kappa shape index (κ2) is 9.68. The van der Waals surface area contributed by atoms with Gasteiger partial charge in [0, 0.05) is 23.4 Å². The predicted molar refractivity (Wildman–Crippen MR) is 149 cm³/mol. The molecular formula is C33H32N4. The molecule has 0 radical (unpaired) electrons. The minimum Gasteiger partial charge on any atom is -0.302 e. The standard InChI is InChI=1S/C33H32N4/c1-4-14-26(15-5-1)24-34-33(36-31-22-12-10-20-29(31)30-21-11-13-23-32(30)36)37(28-18-8-3-9-19-28)35(34)25-27-16-6-2-7-17-27/h1-2,4-7,10-12,14-17,20-22,28,33H,3,8-9,18-19,24-25H2. The number of para-hydroxylation sites is 1. The number of hydrogen-bond acceptors (Lipinski definition) is 3. The van der Waals surface area contributed by atoms with Crippen molar-refractivity contribution < 1.29 is 0 Å². The van der Waals surface area contributed by atoms with Gasteiger partial charge < -0.3 is 4.57 Å². The highest BCUT2D eigenvalue weighted by molar-refractivity contribution is 6.07. The summed E-state index contributed by atoms with van der Waals surface area (Å²) in [5.74, 6) is 0. The molecular weight excluding hydrogens is 452 g/mol. The highest BCUT2D eigenvalue weighted by Gasteiger charge is 2.50. The molecule has 2 heterocycles. The lowest BCUT2D eigenvalue weighted by molar-refractivity contribution is -0.413. The molecule has 0 amide bonds. The van der Waals surface area contributed by atoms with Gasteiger partial charge in [-0.05, 0) is 48.2 Å². The molecule has 0 N–H and O–H groups in total. The maximum absolute atomic E-state index is 3.50. The lowest BCUT2D eigenvalue weighted by Crippen LogP contribution is -2.72. The molecule has 1 saturated heterocycles. The van der Waals surface area contributed by atoms with Crippen molar-refractivity contribution in [3.63, 3.8) is 0 Å². The summed E-state index contributed by atoms with van der Waals surface area (Å²) in [4.78, 5) is 0. The summed E-state index contributed by atoms with van der Waals surface area (Å²) in [6.45, 7) is 1.72. The largest absolute Gasteiger partial charge is 0.302 e. The van der Waals surface area contributed by atoms with E-state index in [1.807, 2.05) is 6.07 Å². The summed E-state index contributed by atoms with van der Waals surface area (Å²) in [5.41, 5.74) is 5.05. The van der Waals surface area contributed by atoms with Gasteiger partial charge in [-0.15, -0.1) is 0 Å². The molecule has 0 spiro atoms. The Labute approximate surface area is 219 Å². The number of fused-ring (bicyclic) bond motifs is 3. The quantitative estimate of drug-likeness (QED) is 0.251. The predicted octanol–water partition coefficient (Wildman–Crippen LogP) is 7.33. The average Bonchev–Trinajstić information content (AvgIpc) is 3.29. The van der Waals surface area contributed by atoms with Crippen LogP contribution in [0.1, 0.15) is 49.5 Å². The number of rotatable bonds is 6. The molecule has 184 valence electrons. The SMILES string of the molecule is c1ccc2c3ccccc3n(C3N(Cc4ccccc4)N(Cc4ccccc4)N3C3CCCCC3)c2c#1. The van der Waals surface area contributed by atoms with Crippen LogP contribution < -0.4 is 0 Å². The third-order valence-electron chi connectivity index (χ3n) is 8.07. The Bertz CT molecular complexity index is 1430. The zero-order chi connectivity index (χ0) is 24.6. The molecule has 4 aromatic carbocycles. The van der Waals surface area contributed by atoms with Gasteiger partial charge in [-0.2, -0.15) is 15.1 Å². The highest BCUT2D eigenvalue weighted by Crippen LogP contribution is 2.45. The van der Waals surface area contributed by atoms with Gasteiger partial charge in [0.25, 0.3) is 0 Å². The van der Waals surface area contributed by atoms with Crippen LogP contribution in [0.25, 0.3) is 21.8 Å². The van der Waals surface area contributed by atoms with E-state index in [1.54, 1.807) is 0 Å². The Morgan fingerprint density at radius 1 is 0.676 bits per heavy atom. The monoisotopic (exact) mass is 484 g/mol. The van der Waals surface area contributed by atoms with Crippen LogP contribution in [0.5, 0.6) is 0 Å². The van der Waals surface area contributed by atoms with Crippen molar-refractivity contribution in [2.24, 2.45) is 0 Å². The van der Waals surface area contributed by atoms with Gasteiger partial charge in [0.2, 0.25) is 0 Å². The first kappa shape index (κ1) is 22.6. The van der Waals surface area contributed by atoms with Crippen molar-refractivity contribution in [2.75, 3.05) is 0 Å². The fraction of sp³-hybridized carbons (Fsp3) is 0.273. The first-order valence-electron chi connectivity index (χ1n) is 13.6. The second-order valence-corrected chi connectivity index (χ2v) is 10.4. The maximum Gasteiger partial charge on any atom is 0.173 e. The second-order valence-electron chi connectivity index (χ2n) is 10.4. The Balaban J connectivity index is 1.39. The smallest absolute Gasteiger partial charge is 0.173 e. The lowest BCUT2D eigenvalue weighted by Gasteiger charge is -2.62. The molecule has 7 rings (SSSR count). The van der Waals surface area contributed by atoms with E-state index in [0.29, 0.717) is 6.04 Å². The summed E-state index contributed by atoms with van der Waals surface area (Å²) in [6, 6.07) is 42.1. The van der Waals surface area contributed by atoms with E-state index in [1.165, 1.54) is 59.5 Å². The van der Waals surface area contributed by atoms with Crippen molar-refractivity contribution in [1.29, 1.82) is 0 Å². The fourth-order valence-corrected chi connectivity index (χ4v) is 6.35. The average molecular weight is 485 g/mol. The lowest BCUT2D eigenvalue weighted by atomic mass is 9.94. The number of aromatic nitrogens is 1. The molecule has 1 aromatic heterocycles. The van der Waals surface area contributed by atoms with E-state index in [4.69, 9.17) is 0 Å². The first-order chi connectivity index (χ1) is 18.4.